The highest BCUT2D eigenvalue weighted by Gasteiger charge is 2.19. The van der Waals surface area contributed by atoms with Gasteiger partial charge in [0.2, 0.25) is 0 Å². The summed E-state index contributed by atoms with van der Waals surface area (Å²) in [4.78, 5) is 30.2. The second-order valence-electron chi connectivity index (χ2n) is 8.96. The standard InChI is InChI=1S/C32H32N2O4/c35-31(36)15-5-2-8-21-38-30-14-7-6-12-29(30)24-34(23-25-10-3-1-4-11-25)32(37)27-18-16-26(17-19-27)28-13-9-20-33-22-28/h1,3-4,6-7,9-14,16-20,22H,2,5,8,15,21,23-24H2,(H,35,36)/i24D. The fourth-order valence-electron chi connectivity index (χ4n) is 4.08. The Bertz CT molecular complexity index is 1350. The zero-order chi connectivity index (χ0) is 27.5. The van der Waals surface area contributed by atoms with E-state index in [0.717, 1.165) is 23.1 Å². The molecule has 1 atom stereocenters. The number of amides is 1. The van der Waals surface area contributed by atoms with Crippen molar-refractivity contribution < 1.29 is 20.8 Å². The predicted molar refractivity (Wildman–Crippen MR) is 148 cm³/mol. The van der Waals surface area contributed by atoms with Gasteiger partial charge in [-0.15, -0.1) is 0 Å². The number of carboxylic acids is 1. The number of unbranched alkanes of at least 4 members (excludes halogenated alkanes) is 2. The Morgan fingerprint density at radius 2 is 1.61 bits per heavy atom. The van der Waals surface area contributed by atoms with Gasteiger partial charge in [-0.2, -0.15) is 0 Å². The van der Waals surface area contributed by atoms with E-state index in [9.17, 15) is 9.59 Å². The zero-order valence-corrected chi connectivity index (χ0v) is 21.2. The van der Waals surface area contributed by atoms with Crippen molar-refractivity contribution in [3.05, 3.63) is 120 Å². The lowest BCUT2D eigenvalue weighted by Crippen LogP contribution is -2.30. The maximum absolute atomic E-state index is 13.8. The maximum atomic E-state index is 13.8. The monoisotopic (exact) mass is 509 g/mol. The maximum Gasteiger partial charge on any atom is 0.303 e. The van der Waals surface area contributed by atoms with Crippen LogP contribution in [0.1, 0.15) is 48.5 Å². The number of nitrogens with zero attached hydrogens (tertiary/aromatic N) is 2. The van der Waals surface area contributed by atoms with Gasteiger partial charge in [-0.05, 0) is 60.2 Å². The van der Waals surface area contributed by atoms with Crippen molar-refractivity contribution in [2.45, 2.75) is 38.7 Å². The van der Waals surface area contributed by atoms with Crippen LogP contribution in [0.3, 0.4) is 0 Å². The number of aromatic nitrogens is 1. The number of ether oxygens (including phenoxy) is 1. The van der Waals surface area contributed by atoms with Crippen LogP contribution in [0, 0.1) is 0 Å². The number of rotatable bonds is 13. The molecule has 3 aromatic carbocycles. The van der Waals surface area contributed by atoms with Gasteiger partial charge in [-0.3, -0.25) is 14.6 Å². The largest absolute Gasteiger partial charge is 0.493 e. The first-order chi connectivity index (χ1) is 19.0. The SMILES string of the molecule is [2H]C(c1ccccc1OCCCCCC(=O)O)N(Cc1ccccc1)C(=O)c1ccc(-c2cccnc2)cc1. The van der Waals surface area contributed by atoms with Crippen LogP contribution in [0.15, 0.2) is 103 Å². The zero-order valence-electron chi connectivity index (χ0n) is 22.2. The average Bonchev–Trinajstić information content (AvgIpc) is 2.98. The van der Waals surface area contributed by atoms with Gasteiger partial charge in [0.15, 0.2) is 0 Å². The van der Waals surface area contributed by atoms with E-state index in [4.69, 9.17) is 11.2 Å². The number of benzene rings is 3. The van der Waals surface area contributed by atoms with Crippen LogP contribution in [-0.4, -0.2) is 33.5 Å². The second kappa shape index (κ2) is 13.7. The number of aliphatic carboxylic acids is 1. The molecular weight excluding hydrogens is 476 g/mol. The third-order valence-corrected chi connectivity index (χ3v) is 6.09. The Kier molecular flexibility index (Phi) is 9.12. The number of carbonyl (C=O) groups excluding carboxylic acids is 1. The summed E-state index contributed by atoms with van der Waals surface area (Å²) in [6, 6.07) is 28.1. The number of carboxylic acid groups (broad SMARTS) is 1. The molecule has 6 nitrogen and oxygen atoms in total. The van der Waals surface area contributed by atoms with Crippen molar-refractivity contribution in [1.82, 2.24) is 9.88 Å². The Labute approximate surface area is 225 Å². The molecule has 1 heterocycles. The molecule has 4 aromatic rings. The molecule has 1 aromatic heterocycles. The van der Waals surface area contributed by atoms with E-state index < -0.39 is 12.5 Å². The van der Waals surface area contributed by atoms with Crippen LogP contribution in [0.2, 0.25) is 0 Å². The Morgan fingerprint density at radius 3 is 2.34 bits per heavy atom. The first-order valence-electron chi connectivity index (χ1n) is 13.3. The quantitative estimate of drug-likeness (QED) is 0.205. The molecule has 4 rings (SSSR count). The van der Waals surface area contributed by atoms with Gasteiger partial charge in [0, 0.05) is 43.0 Å². The van der Waals surface area contributed by atoms with Crippen molar-refractivity contribution in [1.29, 1.82) is 0 Å². The minimum Gasteiger partial charge on any atom is -0.493 e. The van der Waals surface area contributed by atoms with Crippen LogP contribution in [0.4, 0.5) is 0 Å². The summed E-state index contributed by atoms with van der Waals surface area (Å²) in [5.74, 6) is -0.498. The molecular formula is C32H32N2O4. The second-order valence-corrected chi connectivity index (χ2v) is 8.96. The van der Waals surface area contributed by atoms with Crippen LogP contribution in [-0.2, 0) is 17.9 Å². The molecule has 194 valence electrons. The number of hydrogen-bond donors (Lipinski definition) is 1. The third-order valence-electron chi connectivity index (χ3n) is 6.09. The van der Waals surface area contributed by atoms with Crippen LogP contribution >= 0.6 is 0 Å². The van der Waals surface area contributed by atoms with Crippen molar-refractivity contribution in [2.75, 3.05) is 6.61 Å². The first kappa shape index (κ1) is 25.2. The van der Waals surface area contributed by atoms with Crippen molar-refractivity contribution in [3.63, 3.8) is 0 Å². The minimum absolute atomic E-state index is 0.144. The van der Waals surface area contributed by atoms with Gasteiger partial charge >= 0.3 is 5.97 Å². The van der Waals surface area contributed by atoms with E-state index in [-0.39, 0.29) is 18.9 Å². The van der Waals surface area contributed by atoms with Gasteiger partial charge in [-0.25, -0.2) is 0 Å². The predicted octanol–water partition coefficient (Wildman–Crippen LogP) is 6.62. The summed E-state index contributed by atoms with van der Waals surface area (Å²) >= 11 is 0. The summed E-state index contributed by atoms with van der Waals surface area (Å²) in [6.07, 6.45) is 5.69. The van der Waals surface area contributed by atoms with E-state index in [1.807, 2.05) is 78.9 Å². The average molecular weight is 510 g/mol. The lowest BCUT2D eigenvalue weighted by molar-refractivity contribution is -0.137. The fourth-order valence-corrected chi connectivity index (χ4v) is 4.08. The fraction of sp³-hybridized carbons (Fsp3) is 0.219. The highest BCUT2D eigenvalue weighted by Crippen LogP contribution is 2.24. The topological polar surface area (TPSA) is 79.7 Å². The molecule has 38 heavy (non-hydrogen) atoms. The lowest BCUT2D eigenvalue weighted by Gasteiger charge is -2.24. The molecule has 1 amide bonds. The molecule has 0 aliphatic heterocycles. The summed E-state index contributed by atoms with van der Waals surface area (Å²) in [5.41, 5.74) is 3.93. The Balaban J connectivity index is 1.54. The van der Waals surface area contributed by atoms with Crippen molar-refractivity contribution >= 4 is 11.9 Å². The highest BCUT2D eigenvalue weighted by molar-refractivity contribution is 5.94. The first-order valence-corrected chi connectivity index (χ1v) is 12.7. The lowest BCUT2D eigenvalue weighted by atomic mass is 10.0. The molecule has 0 saturated heterocycles. The van der Waals surface area contributed by atoms with Gasteiger partial charge < -0.3 is 14.7 Å². The number of para-hydroxylation sites is 1. The van der Waals surface area contributed by atoms with Gasteiger partial charge in [0.25, 0.3) is 5.91 Å². The number of pyridine rings is 1. The highest BCUT2D eigenvalue weighted by atomic mass is 16.5. The van der Waals surface area contributed by atoms with E-state index in [1.54, 1.807) is 29.4 Å². The van der Waals surface area contributed by atoms with Crippen LogP contribution in [0.5, 0.6) is 5.75 Å². The number of carbonyl (C=O) groups is 2. The van der Waals surface area contributed by atoms with Gasteiger partial charge in [0.05, 0.1) is 7.98 Å². The molecule has 1 N–H and O–H groups in total. The van der Waals surface area contributed by atoms with Crippen molar-refractivity contribution in [3.8, 4) is 16.9 Å². The van der Waals surface area contributed by atoms with E-state index in [1.165, 1.54) is 0 Å². The molecule has 0 aliphatic carbocycles. The normalized spacial score (nSPS) is 11.8. The molecule has 0 fully saturated rings. The summed E-state index contributed by atoms with van der Waals surface area (Å²) in [7, 11) is 0. The van der Waals surface area contributed by atoms with Gasteiger partial charge in [-0.1, -0.05) is 66.7 Å². The molecule has 0 aliphatic rings. The Morgan fingerprint density at radius 1 is 0.842 bits per heavy atom. The van der Waals surface area contributed by atoms with Gasteiger partial charge in [0.1, 0.15) is 5.75 Å². The molecule has 0 bridgehead atoms. The third kappa shape index (κ3) is 7.77. The molecule has 1 unspecified atom stereocenters. The molecule has 0 spiro atoms. The summed E-state index contributed by atoms with van der Waals surface area (Å²) < 4.78 is 15.2. The van der Waals surface area contributed by atoms with Crippen LogP contribution < -0.4 is 4.74 Å². The summed E-state index contributed by atoms with van der Waals surface area (Å²) in [5, 5.41) is 8.81. The number of hydrogen-bond acceptors (Lipinski definition) is 4. The Hall–Kier alpha value is -4.45. The molecule has 6 heteroatoms. The molecule has 0 radical (unpaired) electrons. The van der Waals surface area contributed by atoms with E-state index in [0.29, 0.717) is 36.3 Å². The van der Waals surface area contributed by atoms with E-state index in [2.05, 4.69) is 4.98 Å². The summed E-state index contributed by atoms with van der Waals surface area (Å²) in [6.45, 7) is -0.327. The van der Waals surface area contributed by atoms with E-state index >= 15 is 0 Å². The minimum atomic E-state index is -1.00. The smallest absolute Gasteiger partial charge is 0.303 e. The van der Waals surface area contributed by atoms with Crippen molar-refractivity contribution in [2.24, 2.45) is 0 Å². The molecule has 0 saturated carbocycles. The van der Waals surface area contributed by atoms with Crippen LogP contribution in [0.25, 0.3) is 11.1 Å².